The first kappa shape index (κ1) is 16.4. The third-order valence-electron chi connectivity index (χ3n) is 4.49. The van der Waals surface area contributed by atoms with Gasteiger partial charge in [0.15, 0.2) is 0 Å². The summed E-state index contributed by atoms with van der Waals surface area (Å²) in [6, 6.07) is 17.4. The van der Waals surface area contributed by atoms with Gasteiger partial charge in [0.2, 0.25) is 0 Å². The Hall–Kier alpha value is -2.48. The smallest absolute Gasteiger partial charge is 0.0456 e. The van der Waals surface area contributed by atoms with Gasteiger partial charge in [-0.1, -0.05) is 45.9 Å². The van der Waals surface area contributed by atoms with E-state index in [0.29, 0.717) is 11.8 Å². The third-order valence-corrected chi connectivity index (χ3v) is 4.49. The monoisotopic (exact) mass is 318 g/mol. The molecule has 0 aliphatic rings. The molecule has 2 heteroatoms. The molecule has 2 aromatic carbocycles. The fourth-order valence-corrected chi connectivity index (χ4v) is 2.86. The minimum Gasteiger partial charge on any atom is -0.361 e. The number of hydrogen-bond donors (Lipinski definition) is 2. The summed E-state index contributed by atoms with van der Waals surface area (Å²) in [5.74, 6) is 1.22. The second-order valence-corrected chi connectivity index (χ2v) is 6.96. The van der Waals surface area contributed by atoms with Crippen molar-refractivity contribution in [2.45, 2.75) is 39.5 Å². The zero-order valence-electron chi connectivity index (χ0n) is 14.9. The van der Waals surface area contributed by atoms with E-state index in [0.717, 1.165) is 0 Å². The van der Waals surface area contributed by atoms with Crippen LogP contribution in [-0.4, -0.2) is 9.97 Å². The summed E-state index contributed by atoms with van der Waals surface area (Å²) >= 11 is 0. The maximum atomic E-state index is 3.21. The lowest BCUT2D eigenvalue weighted by Gasteiger charge is -2.03. The Balaban J connectivity index is 0.000000141. The maximum absolute atomic E-state index is 3.21. The van der Waals surface area contributed by atoms with E-state index < -0.39 is 0 Å². The van der Waals surface area contributed by atoms with Gasteiger partial charge in [-0.2, -0.15) is 0 Å². The molecule has 2 aromatic heterocycles. The summed E-state index contributed by atoms with van der Waals surface area (Å²) < 4.78 is 0. The minimum absolute atomic E-state index is 0.609. The Bertz CT molecular complexity index is 847. The van der Waals surface area contributed by atoms with Crippen LogP contribution in [0.4, 0.5) is 0 Å². The fourth-order valence-electron chi connectivity index (χ4n) is 2.86. The van der Waals surface area contributed by atoms with Crippen LogP contribution in [0.1, 0.15) is 50.7 Å². The van der Waals surface area contributed by atoms with Crippen LogP contribution in [0.25, 0.3) is 21.8 Å². The molecule has 0 atom stereocenters. The average Bonchev–Trinajstić information content (AvgIpc) is 3.22. The van der Waals surface area contributed by atoms with Gasteiger partial charge in [0.1, 0.15) is 0 Å². The van der Waals surface area contributed by atoms with Gasteiger partial charge in [0.25, 0.3) is 0 Å². The van der Waals surface area contributed by atoms with E-state index in [2.05, 4.69) is 86.2 Å². The number of rotatable bonds is 2. The van der Waals surface area contributed by atoms with E-state index in [4.69, 9.17) is 0 Å². The van der Waals surface area contributed by atoms with Crippen LogP contribution < -0.4 is 0 Å². The number of benzene rings is 2. The Labute approximate surface area is 143 Å². The van der Waals surface area contributed by atoms with Gasteiger partial charge >= 0.3 is 0 Å². The van der Waals surface area contributed by atoms with Crippen molar-refractivity contribution in [1.29, 1.82) is 0 Å². The molecule has 0 aliphatic carbocycles. The predicted molar refractivity (Wildman–Crippen MR) is 105 cm³/mol. The summed E-state index contributed by atoms with van der Waals surface area (Å²) in [4.78, 5) is 6.40. The fraction of sp³-hybridized carbons (Fsp3) is 0.273. The first-order valence-corrected chi connectivity index (χ1v) is 8.68. The number of fused-ring (bicyclic) bond motifs is 2. The second kappa shape index (κ2) is 6.96. The normalized spacial score (nSPS) is 11.2. The van der Waals surface area contributed by atoms with E-state index >= 15 is 0 Å². The molecule has 0 aliphatic heterocycles. The highest BCUT2D eigenvalue weighted by Crippen LogP contribution is 2.20. The maximum Gasteiger partial charge on any atom is 0.0456 e. The molecule has 0 bridgehead atoms. The van der Waals surface area contributed by atoms with Crippen molar-refractivity contribution in [2.75, 3.05) is 0 Å². The highest BCUT2D eigenvalue weighted by Gasteiger charge is 2.01. The van der Waals surface area contributed by atoms with Crippen molar-refractivity contribution >= 4 is 21.8 Å². The number of nitrogens with one attached hydrogen (secondary N) is 2. The molecule has 4 rings (SSSR count). The van der Waals surface area contributed by atoms with Crippen LogP contribution in [0.5, 0.6) is 0 Å². The molecule has 2 nitrogen and oxygen atoms in total. The van der Waals surface area contributed by atoms with E-state index in [-0.39, 0.29) is 0 Å². The minimum atomic E-state index is 0.609. The van der Waals surface area contributed by atoms with E-state index in [1.165, 1.54) is 32.9 Å². The molecule has 4 aromatic rings. The van der Waals surface area contributed by atoms with Crippen molar-refractivity contribution in [1.82, 2.24) is 9.97 Å². The van der Waals surface area contributed by atoms with Gasteiger partial charge in [-0.05, 0) is 64.1 Å². The Morgan fingerprint density at radius 2 is 1.17 bits per heavy atom. The first-order valence-electron chi connectivity index (χ1n) is 8.68. The lowest BCUT2D eigenvalue weighted by molar-refractivity contribution is 0.868. The highest BCUT2D eigenvalue weighted by molar-refractivity contribution is 5.80. The van der Waals surface area contributed by atoms with Gasteiger partial charge in [-0.25, -0.2) is 0 Å². The van der Waals surface area contributed by atoms with Crippen LogP contribution >= 0.6 is 0 Å². The number of hydrogen-bond acceptors (Lipinski definition) is 0. The molecule has 0 amide bonds. The number of aromatic nitrogens is 2. The topological polar surface area (TPSA) is 31.6 Å². The van der Waals surface area contributed by atoms with Crippen LogP contribution in [0, 0.1) is 0 Å². The van der Waals surface area contributed by atoms with Crippen molar-refractivity contribution in [3.63, 3.8) is 0 Å². The predicted octanol–water partition coefficient (Wildman–Crippen LogP) is 6.58. The van der Waals surface area contributed by atoms with Gasteiger partial charge in [0, 0.05) is 23.4 Å². The van der Waals surface area contributed by atoms with Gasteiger partial charge in [0.05, 0.1) is 0 Å². The molecule has 0 radical (unpaired) electrons. The molecule has 0 spiro atoms. The molecule has 124 valence electrons. The van der Waals surface area contributed by atoms with Crippen LogP contribution in [0.2, 0.25) is 0 Å². The summed E-state index contributed by atoms with van der Waals surface area (Å²) in [7, 11) is 0. The molecule has 0 unspecified atom stereocenters. The van der Waals surface area contributed by atoms with Crippen molar-refractivity contribution in [3.8, 4) is 0 Å². The van der Waals surface area contributed by atoms with Crippen molar-refractivity contribution in [3.05, 3.63) is 72.1 Å². The van der Waals surface area contributed by atoms with Gasteiger partial charge in [-0.15, -0.1) is 0 Å². The van der Waals surface area contributed by atoms with Crippen LogP contribution in [0.15, 0.2) is 60.9 Å². The largest absolute Gasteiger partial charge is 0.361 e. The van der Waals surface area contributed by atoms with Crippen molar-refractivity contribution < 1.29 is 0 Å². The number of H-pyrrole nitrogens is 2. The second-order valence-electron chi connectivity index (χ2n) is 6.96. The van der Waals surface area contributed by atoms with Crippen LogP contribution in [-0.2, 0) is 0 Å². The van der Waals surface area contributed by atoms with E-state index in [9.17, 15) is 0 Å². The van der Waals surface area contributed by atoms with Gasteiger partial charge < -0.3 is 9.97 Å². The molecular weight excluding hydrogens is 292 g/mol. The van der Waals surface area contributed by atoms with Crippen LogP contribution in [0.3, 0.4) is 0 Å². The quantitative estimate of drug-likeness (QED) is 0.418. The lowest BCUT2D eigenvalue weighted by Crippen LogP contribution is -1.85. The van der Waals surface area contributed by atoms with E-state index in [1.54, 1.807) is 0 Å². The molecule has 2 heterocycles. The lowest BCUT2D eigenvalue weighted by atomic mass is 10.0. The SMILES string of the molecule is CC(C)c1ccc2[nH]ccc2c1.CC(C)c1ccc2cc[nH]c2c1. The Kier molecular flexibility index (Phi) is 4.75. The average molecular weight is 318 g/mol. The summed E-state index contributed by atoms with van der Waals surface area (Å²) in [5.41, 5.74) is 5.26. The highest BCUT2D eigenvalue weighted by atomic mass is 14.7. The summed E-state index contributed by atoms with van der Waals surface area (Å²) in [5, 5.41) is 2.60. The molecule has 2 N–H and O–H groups in total. The first-order chi connectivity index (χ1) is 11.5. The summed E-state index contributed by atoms with van der Waals surface area (Å²) in [6.45, 7) is 8.86. The molecular formula is C22H26N2. The van der Waals surface area contributed by atoms with Gasteiger partial charge in [-0.3, -0.25) is 0 Å². The number of aromatic amines is 2. The molecule has 0 saturated carbocycles. The third kappa shape index (κ3) is 3.53. The molecule has 24 heavy (non-hydrogen) atoms. The summed E-state index contributed by atoms with van der Waals surface area (Å²) in [6.07, 6.45) is 3.96. The zero-order valence-corrected chi connectivity index (χ0v) is 14.9. The Morgan fingerprint density at radius 1 is 0.583 bits per heavy atom. The molecule has 0 saturated heterocycles. The Morgan fingerprint density at radius 3 is 1.88 bits per heavy atom. The standard InChI is InChI=1S/2C11H13N/c1-8(2)9-3-4-11-10(7-9)5-6-12-11;1-8(2)10-4-3-9-5-6-12-11(9)7-10/h2*3-8,12H,1-2H3. The van der Waals surface area contributed by atoms with E-state index in [1.807, 2.05) is 12.4 Å². The van der Waals surface area contributed by atoms with Crippen molar-refractivity contribution in [2.24, 2.45) is 0 Å². The molecule has 0 fully saturated rings. The zero-order chi connectivity index (χ0) is 17.1.